The molecule has 0 atom stereocenters. The summed E-state index contributed by atoms with van der Waals surface area (Å²) >= 11 is 0. The van der Waals surface area contributed by atoms with Crippen LogP contribution in [0.3, 0.4) is 0 Å². The first-order valence-electron chi connectivity index (χ1n) is 10.6. The lowest BCUT2D eigenvalue weighted by Gasteiger charge is -2.17. The molecule has 2 heterocycles. The van der Waals surface area contributed by atoms with Crippen LogP contribution in [0.1, 0.15) is 38.5 Å². The third-order valence-electron chi connectivity index (χ3n) is 5.29. The maximum Gasteiger partial charge on any atom is 0.573 e. The number of rotatable bonds is 5. The standard InChI is InChI=1S/C23H22F3N3O4/c24-23(25,26)33-20-8-7-18(32-22(30)29-17-5-3-1-2-4-6-17)12-19(20)15-11-16(14-27-13-15)21-28-9-10-31-21/h7-14,17H,1-6H2,(H,29,30). The lowest BCUT2D eigenvalue weighted by molar-refractivity contribution is -0.274. The molecule has 0 unspecified atom stereocenters. The van der Waals surface area contributed by atoms with Gasteiger partial charge in [0, 0.05) is 29.6 Å². The Labute approximate surface area is 187 Å². The highest BCUT2D eigenvalue weighted by molar-refractivity contribution is 5.76. The van der Waals surface area contributed by atoms with Crippen molar-refractivity contribution in [3.05, 3.63) is 49.1 Å². The van der Waals surface area contributed by atoms with E-state index in [1.807, 2.05) is 0 Å². The zero-order valence-corrected chi connectivity index (χ0v) is 17.6. The third-order valence-corrected chi connectivity index (χ3v) is 5.29. The summed E-state index contributed by atoms with van der Waals surface area (Å²) in [5.74, 6) is -0.115. The maximum absolute atomic E-state index is 13.0. The van der Waals surface area contributed by atoms with E-state index in [9.17, 15) is 18.0 Å². The minimum Gasteiger partial charge on any atom is -0.444 e. The normalized spacial score (nSPS) is 15.0. The number of carbonyl (C=O) groups excluding carboxylic acids is 1. The fraction of sp³-hybridized carbons (Fsp3) is 0.348. The predicted octanol–water partition coefficient (Wildman–Crippen LogP) is 6.11. The van der Waals surface area contributed by atoms with E-state index in [1.54, 1.807) is 6.07 Å². The Morgan fingerprint density at radius 2 is 1.82 bits per heavy atom. The first-order chi connectivity index (χ1) is 15.9. The number of pyridine rings is 1. The first kappa shape index (κ1) is 22.6. The number of benzene rings is 1. The van der Waals surface area contributed by atoms with Gasteiger partial charge in [0.05, 0.1) is 11.8 Å². The number of halogens is 3. The van der Waals surface area contributed by atoms with Gasteiger partial charge in [0.15, 0.2) is 0 Å². The number of nitrogens with zero attached hydrogens (tertiary/aromatic N) is 2. The Bertz CT molecular complexity index is 1080. The molecule has 0 radical (unpaired) electrons. The molecule has 2 aromatic heterocycles. The summed E-state index contributed by atoms with van der Waals surface area (Å²) in [5.41, 5.74) is 0.820. The van der Waals surface area contributed by atoms with Gasteiger partial charge >= 0.3 is 12.5 Å². The van der Waals surface area contributed by atoms with Crippen LogP contribution in [-0.2, 0) is 0 Å². The summed E-state index contributed by atoms with van der Waals surface area (Å²) in [4.78, 5) is 20.5. The maximum atomic E-state index is 13.0. The van der Waals surface area contributed by atoms with Crippen molar-refractivity contribution in [2.45, 2.75) is 50.9 Å². The third kappa shape index (κ3) is 6.24. The highest BCUT2D eigenvalue weighted by atomic mass is 19.4. The largest absolute Gasteiger partial charge is 0.573 e. The van der Waals surface area contributed by atoms with E-state index >= 15 is 0 Å². The quantitative estimate of drug-likeness (QED) is 0.461. The molecule has 1 fully saturated rings. The summed E-state index contributed by atoms with van der Waals surface area (Å²) in [7, 11) is 0. The lowest BCUT2D eigenvalue weighted by Crippen LogP contribution is -2.36. The highest BCUT2D eigenvalue weighted by Crippen LogP contribution is 2.37. The second kappa shape index (κ2) is 9.93. The van der Waals surface area contributed by atoms with Crippen molar-refractivity contribution in [1.82, 2.24) is 15.3 Å². The van der Waals surface area contributed by atoms with E-state index in [0.29, 0.717) is 11.1 Å². The Morgan fingerprint density at radius 3 is 2.52 bits per heavy atom. The van der Waals surface area contributed by atoms with Crippen molar-refractivity contribution in [3.8, 4) is 34.1 Å². The molecule has 1 saturated carbocycles. The fourth-order valence-corrected chi connectivity index (χ4v) is 3.81. The van der Waals surface area contributed by atoms with Crippen molar-refractivity contribution < 1.29 is 31.9 Å². The summed E-state index contributed by atoms with van der Waals surface area (Å²) in [5, 5.41) is 2.84. The summed E-state index contributed by atoms with van der Waals surface area (Å²) in [6, 6.07) is 5.25. The Morgan fingerprint density at radius 1 is 1.06 bits per heavy atom. The topological polar surface area (TPSA) is 86.5 Å². The fourth-order valence-electron chi connectivity index (χ4n) is 3.81. The van der Waals surface area contributed by atoms with Gasteiger partial charge in [-0.15, -0.1) is 13.2 Å². The molecular weight excluding hydrogens is 439 g/mol. The number of ether oxygens (including phenoxy) is 2. The summed E-state index contributed by atoms with van der Waals surface area (Å²) in [6.07, 6.45) is 6.21. The van der Waals surface area contributed by atoms with Gasteiger partial charge < -0.3 is 19.2 Å². The average Bonchev–Trinajstić information content (AvgIpc) is 3.19. The van der Waals surface area contributed by atoms with Gasteiger partial charge in [-0.25, -0.2) is 9.78 Å². The van der Waals surface area contributed by atoms with Crippen LogP contribution in [0.2, 0.25) is 0 Å². The van der Waals surface area contributed by atoms with Gasteiger partial charge in [0.25, 0.3) is 0 Å². The average molecular weight is 461 g/mol. The molecule has 0 saturated heterocycles. The molecule has 0 spiro atoms. The second-order valence-corrected chi connectivity index (χ2v) is 7.73. The molecule has 0 bridgehead atoms. The van der Waals surface area contributed by atoms with E-state index in [4.69, 9.17) is 9.15 Å². The molecule has 1 N–H and O–H groups in total. The van der Waals surface area contributed by atoms with Gasteiger partial charge in [-0.3, -0.25) is 4.98 Å². The molecule has 1 aromatic carbocycles. The van der Waals surface area contributed by atoms with Crippen LogP contribution >= 0.6 is 0 Å². The van der Waals surface area contributed by atoms with E-state index in [0.717, 1.165) is 44.6 Å². The van der Waals surface area contributed by atoms with Crippen molar-refractivity contribution in [1.29, 1.82) is 0 Å². The first-order valence-corrected chi connectivity index (χ1v) is 10.6. The van der Waals surface area contributed by atoms with E-state index < -0.39 is 18.2 Å². The molecule has 1 aliphatic rings. The lowest BCUT2D eigenvalue weighted by atomic mass is 10.0. The SMILES string of the molecule is O=C(NC1CCCCCC1)Oc1ccc(OC(F)(F)F)c(-c2cncc(-c3ncco3)c2)c1. The summed E-state index contributed by atoms with van der Waals surface area (Å²) < 4.78 is 53.8. The molecular formula is C23H22F3N3O4. The van der Waals surface area contributed by atoms with Gasteiger partial charge in [-0.05, 0) is 37.1 Å². The van der Waals surface area contributed by atoms with Crippen LogP contribution in [0.25, 0.3) is 22.6 Å². The van der Waals surface area contributed by atoms with Crippen molar-refractivity contribution in [3.63, 3.8) is 0 Å². The van der Waals surface area contributed by atoms with E-state index in [-0.39, 0.29) is 23.2 Å². The van der Waals surface area contributed by atoms with Crippen LogP contribution in [0.4, 0.5) is 18.0 Å². The zero-order chi connectivity index (χ0) is 23.3. The van der Waals surface area contributed by atoms with E-state index in [1.165, 1.54) is 37.0 Å². The molecule has 10 heteroatoms. The molecule has 7 nitrogen and oxygen atoms in total. The number of hydrogen-bond acceptors (Lipinski definition) is 6. The minimum atomic E-state index is -4.90. The van der Waals surface area contributed by atoms with Crippen molar-refractivity contribution >= 4 is 6.09 Å². The highest BCUT2D eigenvalue weighted by Gasteiger charge is 2.32. The molecule has 174 valence electrons. The molecule has 3 aromatic rings. The monoisotopic (exact) mass is 461 g/mol. The van der Waals surface area contributed by atoms with Gasteiger partial charge in [0.2, 0.25) is 5.89 Å². The number of nitrogens with one attached hydrogen (secondary N) is 1. The molecule has 33 heavy (non-hydrogen) atoms. The van der Waals surface area contributed by atoms with Crippen LogP contribution < -0.4 is 14.8 Å². The second-order valence-electron chi connectivity index (χ2n) is 7.73. The van der Waals surface area contributed by atoms with Crippen LogP contribution in [0.5, 0.6) is 11.5 Å². The van der Waals surface area contributed by atoms with Crippen molar-refractivity contribution in [2.24, 2.45) is 0 Å². The van der Waals surface area contributed by atoms with Gasteiger partial charge in [0.1, 0.15) is 17.8 Å². The number of amides is 1. The van der Waals surface area contributed by atoms with Crippen LogP contribution in [-0.4, -0.2) is 28.5 Å². The predicted molar refractivity (Wildman–Crippen MR) is 113 cm³/mol. The summed E-state index contributed by atoms with van der Waals surface area (Å²) in [6.45, 7) is 0. The van der Waals surface area contributed by atoms with Gasteiger partial charge in [-0.2, -0.15) is 0 Å². The minimum absolute atomic E-state index is 0.0222. The molecule has 1 amide bonds. The number of carbonyl (C=O) groups is 1. The smallest absolute Gasteiger partial charge is 0.444 e. The zero-order valence-electron chi connectivity index (χ0n) is 17.6. The number of alkyl halides is 3. The Balaban J connectivity index is 1.60. The number of aromatic nitrogens is 2. The molecule has 4 rings (SSSR count). The Kier molecular flexibility index (Phi) is 6.81. The van der Waals surface area contributed by atoms with Crippen LogP contribution in [0.15, 0.2) is 53.5 Å². The van der Waals surface area contributed by atoms with E-state index in [2.05, 4.69) is 20.0 Å². The molecule has 1 aliphatic carbocycles. The van der Waals surface area contributed by atoms with Crippen molar-refractivity contribution in [2.75, 3.05) is 0 Å². The number of oxazole rings is 1. The van der Waals surface area contributed by atoms with Crippen LogP contribution in [0, 0.1) is 0 Å². The molecule has 0 aliphatic heterocycles. The van der Waals surface area contributed by atoms with Gasteiger partial charge in [-0.1, -0.05) is 25.7 Å². The Hall–Kier alpha value is -3.56. The number of hydrogen-bond donors (Lipinski definition) is 1.